The summed E-state index contributed by atoms with van der Waals surface area (Å²) in [5.74, 6) is -1.30. The maximum atomic E-state index is 13.2. The summed E-state index contributed by atoms with van der Waals surface area (Å²) >= 11 is 0. The van der Waals surface area contributed by atoms with Gasteiger partial charge in [-0.2, -0.15) is 0 Å². The first-order valence-corrected chi connectivity index (χ1v) is 11.2. The minimum Gasteiger partial charge on any atom is -0.448 e. The topological polar surface area (TPSA) is 111 Å². The van der Waals surface area contributed by atoms with Crippen molar-refractivity contribution in [2.45, 2.75) is 91.4 Å². The van der Waals surface area contributed by atoms with Crippen molar-refractivity contribution in [3.63, 3.8) is 0 Å². The molecule has 2 aliphatic heterocycles. The van der Waals surface area contributed by atoms with Crippen LogP contribution < -0.4 is 10.6 Å². The van der Waals surface area contributed by atoms with E-state index in [1.807, 2.05) is 41.5 Å². The number of carbonyl (C=O) groups is 4. The van der Waals surface area contributed by atoms with Gasteiger partial charge in [-0.15, -0.1) is 0 Å². The van der Waals surface area contributed by atoms with E-state index in [9.17, 15) is 19.2 Å². The van der Waals surface area contributed by atoms with Crippen LogP contribution in [-0.4, -0.2) is 47.5 Å². The molecule has 0 aromatic heterocycles. The lowest BCUT2D eigenvalue weighted by atomic mass is 9.66. The van der Waals surface area contributed by atoms with Crippen molar-refractivity contribution in [1.29, 1.82) is 0 Å². The molecule has 0 spiro atoms. The first-order valence-electron chi connectivity index (χ1n) is 11.2. The van der Waals surface area contributed by atoms with E-state index >= 15 is 0 Å². The highest BCUT2D eigenvalue weighted by molar-refractivity contribution is 5.97. The Morgan fingerprint density at radius 1 is 0.806 bits per heavy atom. The maximum Gasteiger partial charge on any atom is 0.313 e. The van der Waals surface area contributed by atoms with Gasteiger partial charge in [0, 0.05) is 23.4 Å². The summed E-state index contributed by atoms with van der Waals surface area (Å²) in [5.41, 5.74) is -4.96. The van der Waals surface area contributed by atoms with Gasteiger partial charge in [0.2, 0.25) is 0 Å². The number of hydrogen-bond acceptors (Lipinski definition) is 6. The molecule has 31 heavy (non-hydrogen) atoms. The van der Waals surface area contributed by atoms with E-state index in [1.54, 1.807) is 6.92 Å². The fourth-order valence-corrected chi connectivity index (χ4v) is 6.27. The Hall–Kier alpha value is -2.12. The molecule has 2 N–H and O–H groups in total. The monoisotopic (exact) mass is 434 g/mol. The molecule has 0 radical (unpaired) electrons. The molecule has 4 rings (SSSR count). The van der Waals surface area contributed by atoms with Crippen LogP contribution in [0.2, 0.25) is 0 Å². The molecule has 2 aliphatic carbocycles. The van der Waals surface area contributed by atoms with Crippen molar-refractivity contribution in [2.24, 2.45) is 21.7 Å². The third kappa shape index (κ3) is 2.26. The molecule has 0 aromatic carbocycles. The maximum absolute atomic E-state index is 13.2. The lowest BCUT2D eigenvalue weighted by molar-refractivity contribution is -0.169. The van der Waals surface area contributed by atoms with Crippen molar-refractivity contribution >= 4 is 23.8 Å². The molecule has 2 unspecified atom stereocenters. The molecular weight excluding hydrogens is 400 g/mol. The summed E-state index contributed by atoms with van der Waals surface area (Å²) in [6.45, 7) is 13.3. The molecule has 2 heterocycles. The van der Waals surface area contributed by atoms with Crippen LogP contribution in [0.3, 0.4) is 0 Å². The fourth-order valence-electron chi connectivity index (χ4n) is 6.27. The van der Waals surface area contributed by atoms with Gasteiger partial charge in [0.15, 0.2) is 11.2 Å². The van der Waals surface area contributed by atoms with Crippen molar-refractivity contribution in [1.82, 2.24) is 10.6 Å². The Balaban J connectivity index is 1.41. The van der Waals surface area contributed by atoms with Crippen molar-refractivity contribution in [3.05, 3.63) is 0 Å². The van der Waals surface area contributed by atoms with Crippen LogP contribution in [0.4, 0.5) is 0 Å². The average molecular weight is 435 g/mol. The van der Waals surface area contributed by atoms with Gasteiger partial charge in [-0.3, -0.25) is 19.2 Å². The summed E-state index contributed by atoms with van der Waals surface area (Å²) in [6, 6.07) is -0.391. The van der Waals surface area contributed by atoms with E-state index in [1.165, 1.54) is 0 Å². The Morgan fingerprint density at radius 3 is 1.58 bits per heavy atom. The van der Waals surface area contributed by atoms with E-state index in [0.717, 1.165) is 0 Å². The van der Waals surface area contributed by atoms with Crippen LogP contribution >= 0.6 is 0 Å². The molecule has 172 valence electrons. The van der Waals surface area contributed by atoms with Crippen LogP contribution in [0.1, 0.15) is 74.1 Å². The smallest absolute Gasteiger partial charge is 0.313 e. The molecular formula is C23H34N2O6. The zero-order valence-corrected chi connectivity index (χ0v) is 19.6. The molecule has 2 saturated carbocycles. The second kappa shape index (κ2) is 6.01. The third-order valence-corrected chi connectivity index (χ3v) is 9.85. The Labute approximate surface area is 183 Å². The van der Waals surface area contributed by atoms with Crippen molar-refractivity contribution in [2.75, 3.05) is 6.54 Å². The minimum absolute atomic E-state index is 0.179. The van der Waals surface area contributed by atoms with Crippen LogP contribution in [-0.2, 0) is 28.7 Å². The van der Waals surface area contributed by atoms with Gasteiger partial charge in [-0.25, -0.2) is 0 Å². The lowest BCUT2D eigenvalue weighted by Crippen LogP contribution is -2.58. The Kier molecular flexibility index (Phi) is 4.28. The number of carbonyl (C=O) groups excluding carboxylic acids is 4. The number of esters is 2. The zero-order valence-electron chi connectivity index (χ0n) is 19.6. The molecule has 4 fully saturated rings. The summed E-state index contributed by atoms with van der Waals surface area (Å²) in [6.07, 6.45) is 2.19. The molecule has 2 saturated heterocycles. The number of amides is 2. The predicted molar refractivity (Wildman–Crippen MR) is 111 cm³/mol. The van der Waals surface area contributed by atoms with Crippen molar-refractivity contribution in [3.8, 4) is 0 Å². The standard InChI is InChI=1S/C23H34N2O6/c1-13(25-15(27)23-11-9-21(7,17(29)31-23)19(23,4)5)12-24-14(26)22-10-8-20(6,16(28)30-22)18(22,2)3/h13H,8-12H2,1-7H3,(H,24,26)(H,25,27)/t13?,20-,21+,22?,23-/m1/s1. The summed E-state index contributed by atoms with van der Waals surface area (Å²) < 4.78 is 11.2. The zero-order chi connectivity index (χ0) is 23.3. The second-order valence-corrected chi connectivity index (χ2v) is 11.4. The van der Waals surface area contributed by atoms with Gasteiger partial charge in [-0.05, 0) is 46.5 Å². The van der Waals surface area contributed by atoms with Crippen LogP contribution in [0.25, 0.3) is 0 Å². The van der Waals surface area contributed by atoms with Gasteiger partial charge in [0.05, 0.1) is 10.8 Å². The minimum atomic E-state index is -1.19. The number of rotatable bonds is 5. The van der Waals surface area contributed by atoms with Crippen molar-refractivity contribution < 1.29 is 28.7 Å². The quantitative estimate of drug-likeness (QED) is 0.639. The van der Waals surface area contributed by atoms with E-state index in [4.69, 9.17) is 9.47 Å². The highest BCUT2D eigenvalue weighted by Crippen LogP contribution is 2.66. The van der Waals surface area contributed by atoms with E-state index < -0.39 is 38.9 Å². The Morgan fingerprint density at radius 2 is 1.23 bits per heavy atom. The van der Waals surface area contributed by atoms with E-state index in [2.05, 4.69) is 10.6 Å². The van der Waals surface area contributed by atoms with Gasteiger partial charge >= 0.3 is 11.9 Å². The summed E-state index contributed by atoms with van der Waals surface area (Å²) in [5, 5.41) is 5.79. The number of ether oxygens (including phenoxy) is 2. The molecule has 8 heteroatoms. The van der Waals surface area contributed by atoms with E-state index in [0.29, 0.717) is 25.7 Å². The molecule has 4 bridgehead atoms. The number of hydrogen-bond donors (Lipinski definition) is 2. The van der Waals surface area contributed by atoms with Crippen LogP contribution in [0.5, 0.6) is 0 Å². The largest absolute Gasteiger partial charge is 0.448 e. The normalized spacial score (nSPS) is 42.2. The highest BCUT2D eigenvalue weighted by Gasteiger charge is 2.76. The fraction of sp³-hybridized carbons (Fsp3) is 0.826. The first-order chi connectivity index (χ1) is 14.1. The highest BCUT2D eigenvalue weighted by atomic mass is 16.6. The third-order valence-electron chi connectivity index (χ3n) is 9.85. The average Bonchev–Trinajstić information content (AvgIpc) is 3.14. The van der Waals surface area contributed by atoms with Gasteiger partial charge in [0.25, 0.3) is 11.8 Å². The summed E-state index contributed by atoms with van der Waals surface area (Å²) in [7, 11) is 0. The molecule has 2 amide bonds. The van der Waals surface area contributed by atoms with Crippen LogP contribution in [0, 0.1) is 21.7 Å². The van der Waals surface area contributed by atoms with Gasteiger partial charge in [0.1, 0.15) is 0 Å². The number of nitrogens with one attached hydrogen (secondary N) is 2. The number of fused-ring (bicyclic) bond motifs is 4. The predicted octanol–water partition coefficient (Wildman–Crippen LogP) is 1.85. The summed E-state index contributed by atoms with van der Waals surface area (Å²) in [4.78, 5) is 51.1. The van der Waals surface area contributed by atoms with Gasteiger partial charge < -0.3 is 20.1 Å². The molecule has 8 nitrogen and oxygen atoms in total. The second-order valence-electron chi connectivity index (χ2n) is 11.4. The molecule has 4 aliphatic rings. The molecule has 5 atom stereocenters. The first kappa shape index (κ1) is 22.1. The Bertz CT molecular complexity index is 896. The molecule has 0 aromatic rings. The van der Waals surface area contributed by atoms with E-state index in [-0.39, 0.29) is 30.3 Å². The van der Waals surface area contributed by atoms with Gasteiger partial charge in [-0.1, -0.05) is 27.7 Å². The lowest BCUT2D eigenvalue weighted by Gasteiger charge is -2.37. The SMILES string of the molecule is CC(CNC(=O)C12CC[C@](C)(C(=O)O1)C2(C)C)NC(=O)[C@@]12CC[C@@](C)(C(=O)O1)C2(C)C. The van der Waals surface area contributed by atoms with Crippen LogP contribution in [0.15, 0.2) is 0 Å².